The number of rotatable bonds is 2. The van der Waals surface area contributed by atoms with Gasteiger partial charge in [0.25, 0.3) is 5.91 Å². The molecule has 0 aromatic heterocycles. The number of nitrogens with one attached hydrogen (secondary N) is 2. The minimum atomic E-state index is -1.04. The van der Waals surface area contributed by atoms with Crippen LogP contribution in [0.2, 0.25) is 0 Å². The van der Waals surface area contributed by atoms with Gasteiger partial charge < -0.3 is 4.74 Å². The number of hydrazine groups is 1. The van der Waals surface area contributed by atoms with Crippen LogP contribution in [0.3, 0.4) is 0 Å². The number of carbonyl (C=O) groups excluding carboxylic acids is 3. The average molecular weight is 250 g/mol. The van der Waals surface area contributed by atoms with Gasteiger partial charge in [-0.05, 0) is 26.0 Å². The van der Waals surface area contributed by atoms with Crippen LogP contribution in [0.25, 0.3) is 0 Å². The van der Waals surface area contributed by atoms with E-state index in [1.165, 1.54) is 0 Å². The Morgan fingerprint density at radius 3 is 2.56 bits per heavy atom. The van der Waals surface area contributed by atoms with Crippen molar-refractivity contribution in [3.63, 3.8) is 0 Å². The summed E-state index contributed by atoms with van der Waals surface area (Å²) < 4.78 is 4.46. The molecule has 0 atom stereocenters. The predicted octanol–water partition coefficient (Wildman–Crippen LogP) is 0.319. The Morgan fingerprint density at radius 1 is 1.22 bits per heavy atom. The van der Waals surface area contributed by atoms with E-state index in [-0.39, 0.29) is 6.61 Å². The van der Waals surface area contributed by atoms with Crippen LogP contribution < -0.4 is 10.9 Å². The second-order valence-electron chi connectivity index (χ2n) is 3.50. The molecule has 0 aliphatic heterocycles. The van der Waals surface area contributed by atoms with Crippen LogP contribution in [0, 0.1) is 6.92 Å². The van der Waals surface area contributed by atoms with Crippen molar-refractivity contribution in [1.29, 1.82) is 0 Å². The first-order valence-corrected chi connectivity index (χ1v) is 5.38. The highest BCUT2D eigenvalue weighted by Crippen LogP contribution is 2.02. The number of aryl methyl sites for hydroxylation is 1. The fraction of sp³-hybridized carbons (Fsp3) is 0.250. The van der Waals surface area contributed by atoms with E-state index in [2.05, 4.69) is 10.2 Å². The minimum Gasteiger partial charge on any atom is -0.459 e. The van der Waals surface area contributed by atoms with E-state index >= 15 is 0 Å². The summed E-state index contributed by atoms with van der Waals surface area (Å²) >= 11 is 0. The molecule has 0 radical (unpaired) electrons. The Hall–Kier alpha value is -2.37. The summed E-state index contributed by atoms with van der Waals surface area (Å²) in [5, 5.41) is 0. The molecule has 0 unspecified atom stereocenters. The molecule has 0 aliphatic carbocycles. The number of amides is 2. The quantitative estimate of drug-likeness (QED) is 0.449. The monoisotopic (exact) mass is 250 g/mol. The summed E-state index contributed by atoms with van der Waals surface area (Å²) in [7, 11) is 0. The fourth-order valence-electron chi connectivity index (χ4n) is 1.22. The van der Waals surface area contributed by atoms with Gasteiger partial charge in [0.2, 0.25) is 0 Å². The van der Waals surface area contributed by atoms with Crippen molar-refractivity contribution < 1.29 is 19.1 Å². The number of hydrogen-bond donors (Lipinski definition) is 2. The van der Waals surface area contributed by atoms with Crippen LogP contribution >= 0.6 is 0 Å². The van der Waals surface area contributed by atoms with Crippen LogP contribution in [0.15, 0.2) is 24.3 Å². The Kier molecular flexibility index (Phi) is 4.86. The number of hydrogen-bond acceptors (Lipinski definition) is 4. The van der Waals surface area contributed by atoms with Gasteiger partial charge in [0.1, 0.15) is 0 Å². The lowest BCUT2D eigenvalue weighted by atomic mass is 10.1. The van der Waals surface area contributed by atoms with Crippen LogP contribution in [-0.4, -0.2) is 24.4 Å². The molecule has 18 heavy (non-hydrogen) atoms. The maximum Gasteiger partial charge on any atom is 0.398 e. The molecule has 0 saturated carbocycles. The fourth-order valence-corrected chi connectivity index (χ4v) is 1.22. The zero-order chi connectivity index (χ0) is 13.5. The second-order valence-corrected chi connectivity index (χ2v) is 3.50. The van der Waals surface area contributed by atoms with E-state index < -0.39 is 17.8 Å². The topological polar surface area (TPSA) is 84.5 Å². The highest BCUT2D eigenvalue weighted by Gasteiger charge is 2.15. The van der Waals surface area contributed by atoms with Crippen LogP contribution in [0.1, 0.15) is 22.8 Å². The average Bonchev–Trinajstić information content (AvgIpc) is 2.35. The first-order chi connectivity index (χ1) is 8.54. The molecule has 0 spiro atoms. The summed E-state index contributed by atoms with van der Waals surface area (Å²) in [6.45, 7) is 3.52. The molecule has 6 heteroatoms. The van der Waals surface area contributed by atoms with Gasteiger partial charge in [-0.3, -0.25) is 20.4 Å². The Morgan fingerprint density at radius 2 is 1.94 bits per heavy atom. The molecule has 0 bridgehead atoms. The second kappa shape index (κ2) is 6.39. The van der Waals surface area contributed by atoms with Crippen molar-refractivity contribution >= 4 is 17.8 Å². The molecular formula is C12H14N2O4. The molecular weight excluding hydrogens is 236 g/mol. The minimum absolute atomic E-state index is 0.0953. The van der Waals surface area contributed by atoms with E-state index in [0.717, 1.165) is 5.56 Å². The Bertz CT molecular complexity index is 471. The summed E-state index contributed by atoms with van der Waals surface area (Å²) in [6, 6.07) is 6.82. The smallest absolute Gasteiger partial charge is 0.398 e. The maximum absolute atomic E-state index is 11.6. The third-order valence-electron chi connectivity index (χ3n) is 2.03. The Labute approximate surface area is 104 Å². The molecule has 1 rings (SSSR count). The summed E-state index contributed by atoms with van der Waals surface area (Å²) in [4.78, 5) is 33.7. The van der Waals surface area contributed by atoms with Gasteiger partial charge in [-0.2, -0.15) is 0 Å². The molecule has 1 aromatic carbocycles. The standard InChI is InChI=1S/C12H14N2O4/c1-3-18-12(17)11(16)14-13-10(15)9-6-4-5-8(2)7-9/h4-7H,3H2,1-2H3,(H,13,15)(H,14,16). The molecule has 0 saturated heterocycles. The van der Waals surface area contributed by atoms with Gasteiger partial charge in [-0.15, -0.1) is 0 Å². The third kappa shape index (κ3) is 3.89. The van der Waals surface area contributed by atoms with Crippen molar-refractivity contribution in [2.24, 2.45) is 0 Å². The van der Waals surface area contributed by atoms with E-state index in [9.17, 15) is 14.4 Å². The van der Waals surface area contributed by atoms with Crippen LogP contribution in [0.5, 0.6) is 0 Å². The molecule has 2 amide bonds. The lowest BCUT2D eigenvalue weighted by molar-refractivity contribution is -0.154. The summed E-state index contributed by atoms with van der Waals surface area (Å²) in [6.07, 6.45) is 0. The van der Waals surface area contributed by atoms with E-state index in [4.69, 9.17) is 0 Å². The van der Waals surface area contributed by atoms with Crippen molar-refractivity contribution in [1.82, 2.24) is 10.9 Å². The largest absolute Gasteiger partial charge is 0.459 e. The number of benzene rings is 1. The van der Waals surface area contributed by atoms with Gasteiger partial charge >= 0.3 is 11.9 Å². The molecule has 0 aliphatic rings. The number of ether oxygens (including phenoxy) is 1. The normalized spacial score (nSPS) is 9.44. The van der Waals surface area contributed by atoms with E-state index in [0.29, 0.717) is 5.56 Å². The molecule has 0 heterocycles. The van der Waals surface area contributed by atoms with Crippen LogP contribution in [0.4, 0.5) is 0 Å². The highest BCUT2D eigenvalue weighted by molar-refractivity contribution is 6.32. The van der Waals surface area contributed by atoms with Gasteiger partial charge in [0.15, 0.2) is 0 Å². The predicted molar refractivity (Wildman–Crippen MR) is 63.4 cm³/mol. The lowest BCUT2D eigenvalue weighted by Crippen LogP contribution is -2.45. The number of esters is 1. The van der Waals surface area contributed by atoms with Gasteiger partial charge in [-0.1, -0.05) is 17.7 Å². The maximum atomic E-state index is 11.6. The van der Waals surface area contributed by atoms with E-state index in [1.807, 2.05) is 18.4 Å². The number of carbonyl (C=O) groups is 3. The van der Waals surface area contributed by atoms with Crippen molar-refractivity contribution in [2.75, 3.05) is 6.61 Å². The molecule has 1 aromatic rings. The van der Waals surface area contributed by atoms with Crippen molar-refractivity contribution in [3.8, 4) is 0 Å². The summed E-state index contributed by atoms with van der Waals surface area (Å²) in [5.74, 6) is -2.56. The molecule has 2 N–H and O–H groups in total. The van der Waals surface area contributed by atoms with E-state index in [1.54, 1.807) is 25.1 Å². The molecule has 0 fully saturated rings. The zero-order valence-corrected chi connectivity index (χ0v) is 10.1. The SMILES string of the molecule is CCOC(=O)C(=O)NNC(=O)c1cccc(C)c1. The Balaban J connectivity index is 2.51. The molecule has 96 valence electrons. The van der Waals surface area contributed by atoms with Gasteiger partial charge in [0, 0.05) is 5.56 Å². The first-order valence-electron chi connectivity index (χ1n) is 5.38. The zero-order valence-electron chi connectivity index (χ0n) is 10.1. The lowest BCUT2D eigenvalue weighted by Gasteiger charge is -2.07. The van der Waals surface area contributed by atoms with Crippen molar-refractivity contribution in [3.05, 3.63) is 35.4 Å². The highest BCUT2D eigenvalue weighted by atomic mass is 16.5. The van der Waals surface area contributed by atoms with Crippen molar-refractivity contribution in [2.45, 2.75) is 13.8 Å². The first kappa shape index (κ1) is 13.7. The van der Waals surface area contributed by atoms with Gasteiger partial charge in [-0.25, -0.2) is 4.79 Å². The van der Waals surface area contributed by atoms with Crippen LogP contribution in [-0.2, 0) is 14.3 Å². The molecule has 6 nitrogen and oxygen atoms in total. The van der Waals surface area contributed by atoms with Gasteiger partial charge in [0.05, 0.1) is 6.61 Å². The third-order valence-corrected chi connectivity index (χ3v) is 2.03. The summed E-state index contributed by atoms with van der Waals surface area (Å²) in [5.41, 5.74) is 5.40.